The molecule has 0 bridgehead atoms. The van der Waals surface area contributed by atoms with Gasteiger partial charge in [-0.2, -0.15) is 4.39 Å². The molecule has 35 heavy (non-hydrogen) atoms. The summed E-state index contributed by atoms with van der Waals surface area (Å²) in [6, 6.07) is 7.22. The molecule has 0 saturated heterocycles. The Bertz CT molecular complexity index is 1390. The molecule has 0 fully saturated rings. The van der Waals surface area contributed by atoms with Gasteiger partial charge < -0.3 is 29.1 Å². The van der Waals surface area contributed by atoms with Crippen molar-refractivity contribution in [3.63, 3.8) is 0 Å². The van der Waals surface area contributed by atoms with E-state index >= 15 is 0 Å². The van der Waals surface area contributed by atoms with E-state index in [1.807, 2.05) is 0 Å². The van der Waals surface area contributed by atoms with E-state index in [1.165, 1.54) is 26.2 Å². The molecule has 12 heteroatoms. The SMILES string of the molecule is COc1cc([C@@H](CC(=O)Nc2ccc(F)c([N+](=O)[O-])c2)c2c(O)cc(C)oc2=O)cc2c1OCO2. The van der Waals surface area contributed by atoms with Gasteiger partial charge in [-0.15, -0.1) is 0 Å². The van der Waals surface area contributed by atoms with Crippen LogP contribution in [0.2, 0.25) is 0 Å². The number of rotatable bonds is 7. The molecule has 0 unspecified atom stereocenters. The normalized spacial score (nSPS) is 12.8. The van der Waals surface area contributed by atoms with Crippen LogP contribution in [0.3, 0.4) is 0 Å². The molecular formula is C23H19FN2O9. The predicted molar refractivity (Wildman–Crippen MR) is 119 cm³/mol. The van der Waals surface area contributed by atoms with Crippen LogP contribution in [-0.2, 0) is 4.79 Å². The molecule has 0 saturated carbocycles. The van der Waals surface area contributed by atoms with Crippen molar-refractivity contribution in [1.29, 1.82) is 0 Å². The number of hydrogen-bond donors (Lipinski definition) is 2. The first kappa shape index (κ1) is 23.5. The number of aryl methyl sites for hydroxylation is 1. The summed E-state index contributed by atoms with van der Waals surface area (Å²) in [7, 11) is 1.40. The zero-order valence-electron chi connectivity index (χ0n) is 18.5. The number of ether oxygens (including phenoxy) is 3. The molecule has 0 spiro atoms. The van der Waals surface area contributed by atoms with Gasteiger partial charge in [0.2, 0.25) is 24.3 Å². The summed E-state index contributed by atoms with van der Waals surface area (Å²) in [4.78, 5) is 35.7. The standard InChI is InChI=1S/C23H19FN2O9/c1-11-5-17(27)21(23(29)35-11)14(12-6-18(32-2)22-19(7-12)33-10-34-22)9-20(28)25-13-3-4-15(24)16(8-13)26(30)31/h3-8,14,27H,9-10H2,1-2H3,(H,25,28)/t14-/m1/s1. The van der Waals surface area contributed by atoms with E-state index in [-0.39, 0.29) is 35.3 Å². The van der Waals surface area contributed by atoms with Crippen molar-refractivity contribution in [3.05, 3.63) is 79.6 Å². The van der Waals surface area contributed by atoms with Crippen molar-refractivity contribution < 1.29 is 37.8 Å². The third-order valence-electron chi connectivity index (χ3n) is 5.34. The molecule has 11 nitrogen and oxygen atoms in total. The van der Waals surface area contributed by atoms with E-state index in [2.05, 4.69) is 5.32 Å². The van der Waals surface area contributed by atoms with E-state index in [9.17, 15) is 29.2 Å². The van der Waals surface area contributed by atoms with Crippen molar-refractivity contribution in [2.45, 2.75) is 19.3 Å². The van der Waals surface area contributed by atoms with Crippen molar-refractivity contribution in [2.75, 3.05) is 19.2 Å². The number of nitro groups is 1. The molecule has 1 aromatic heterocycles. The monoisotopic (exact) mass is 486 g/mol. The number of fused-ring (bicyclic) bond motifs is 1. The maximum Gasteiger partial charge on any atom is 0.343 e. The fraction of sp³-hybridized carbons (Fsp3) is 0.217. The number of nitrogens with one attached hydrogen (secondary N) is 1. The summed E-state index contributed by atoms with van der Waals surface area (Å²) >= 11 is 0. The Morgan fingerprint density at radius 2 is 2.06 bits per heavy atom. The highest BCUT2D eigenvalue weighted by Gasteiger charge is 2.30. The minimum Gasteiger partial charge on any atom is -0.507 e. The average molecular weight is 486 g/mol. The van der Waals surface area contributed by atoms with Gasteiger partial charge in [-0.1, -0.05) is 0 Å². The zero-order valence-corrected chi connectivity index (χ0v) is 18.5. The number of hydrogen-bond acceptors (Lipinski definition) is 9. The molecule has 0 radical (unpaired) electrons. The molecule has 2 heterocycles. The van der Waals surface area contributed by atoms with Crippen LogP contribution in [0.4, 0.5) is 15.8 Å². The Hall–Kier alpha value is -4.61. The van der Waals surface area contributed by atoms with Gasteiger partial charge in [0, 0.05) is 30.2 Å². The number of benzene rings is 2. The molecule has 1 aliphatic rings. The molecule has 4 rings (SSSR count). The predicted octanol–water partition coefficient (Wildman–Crippen LogP) is 3.60. The van der Waals surface area contributed by atoms with Gasteiger partial charge in [-0.25, -0.2) is 4.79 Å². The number of anilines is 1. The molecule has 1 amide bonds. The molecule has 1 aliphatic heterocycles. The largest absolute Gasteiger partial charge is 0.507 e. The topological polar surface area (TPSA) is 150 Å². The summed E-state index contributed by atoms with van der Waals surface area (Å²) in [5.41, 5.74) is -1.49. The van der Waals surface area contributed by atoms with Gasteiger partial charge in [0.05, 0.1) is 17.6 Å². The van der Waals surface area contributed by atoms with Crippen molar-refractivity contribution in [3.8, 4) is 23.0 Å². The van der Waals surface area contributed by atoms with Gasteiger partial charge in [-0.05, 0) is 36.8 Å². The third kappa shape index (κ3) is 4.71. The van der Waals surface area contributed by atoms with Crippen LogP contribution in [-0.4, -0.2) is 29.8 Å². The number of carbonyl (C=O) groups excluding carboxylic acids is 1. The number of nitro benzene ring substituents is 1. The Morgan fingerprint density at radius 3 is 2.74 bits per heavy atom. The molecule has 182 valence electrons. The highest BCUT2D eigenvalue weighted by molar-refractivity contribution is 5.92. The minimum atomic E-state index is -1.06. The van der Waals surface area contributed by atoms with Crippen molar-refractivity contribution >= 4 is 17.3 Å². The fourth-order valence-electron chi connectivity index (χ4n) is 3.79. The number of carbonyl (C=O) groups is 1. The number of aromatic hydroxyl groups is 1. The first-order valence-electron chi connectivity index (χ1n) is 10.2. The highest BCUT2D eigenvalue weighted by atomic mass is 19.1. The summed E-state index contributed by atoms with van der Waals surface area (Å²) in [6.07, 6.45) is -0.393. The van der Waals surface area contributed by atoms with Crippen LogP contribution in [0, 0.1) is 22.9 Å². The van der Waals surface area contributed by atoms with E-state index in [4.69, 9.17) is 18.6 Å². The van der Waals surface area contributed by atoms with Gasteiger partial charge >= 0.3 is 11.3 Å². The number of halogens is 1. The van der Waals surface area contributed by atoms with E-state index in [0.717, 1.165) is 18.2 Å². The minimum absolute atomic E-state index is 0.0229. The molecule has 2 aromatic carbocycles. The quantitative estimate of drug-likeness (QED) is 0.377. The second kappa shape index (κ2) is 9.33. The first-order chi connectivity index (χ1) is 16.7. The Morgan fingerprint density at radius 1 is 1.29 bits per heavy atom. The second-order valence-corrected chi connectivity index (χ2v) is 7.63. The van der Waals surface area contributed by atoms with Crippen LogP contribution in [0.5, 0.6) is 23.0 Å². The number of methoxy groups -OCH3 is 1. The Balaban J connectivity index is 1.74. The van der Waals surface area contributed by atoms with E-state index in [1.54, 1.807) is 6.07 Å². The summed E-state index contributed by atoms with van der Waals surface area (Å²) in [5, 5.41) is 24.0. The second-order valence-electron chi connectivity index (χ2n) is 7.63. The smallest absolute Gasteiger partial charge is 0.343 e. The van der Waals surface area contributed by atoms with Gasteiger partial charge in [0.25, 0.3) is 0 Å². The lowest BCUT2D eigenvalue weighted by Gasteiger charge is -2.19. The molecule has 3 aromatic rings. The van der Waals surface area contributed by atoms with Crippen molar-refractivity contribution in [2.24, 2.45) is 0 Å². The lowest BCUT2D eigenvalue weighted by molar-refractivity contribution is -0.387. The lowest BCUT2D eigenvalue weighted by Crippen LogP contribution is -2.21. The first-order valence-corrected chi connectivity index (χ1v) is 10.2. The lowest BCUT2D eigenvalue weighted by atomic mass is 9.88. The maximum absolute atomic E-state index is 13.7. The van der Waals surface area contributed by atoms with E-state index < -0.39 is 40.3 Å². The Kier molecular flexibility index (Phi) is 6.28. The number of nitrogens with zero attached hydrogens (tertiary/aromatic N) is 1. The summed E-state index contributed by atoms with van der Waals surface area (Å²) in [6.45, 7) is 1.43. The van der Waals surface area contributed by atoms with Crippen LogP contribution in [0.1, 0.15) is 29.2 Å². The van der Waals surface area contributed by atoms with Crippen LogP contribution >= 0.6 is 0 Å². The molecular weight excluding hydrogens is 467 g/mol. The average Bonchev–Trinajstić information content (AvgIpc) is 3.27. The van der Waals surface area contributed by atoms with Gasteiger partial charge in [0.1, 0.15) is 11.5 Å². The van der Waals surface area contributed by atoms with Crippen LogP contribution in [0.25, 0.3) is 0 Å². The van der Waals surface area contributed by atoms with Crippen LogP contribution < -0.4 is 25.2 Å². The Labute approximate surface area is 196 Å². The maximum atomic E-state index is 13.7. The van der Waals surface area contributed by atoms with E-state index in [0.29, 0.717) is 17.1 Å². The van der Waals surface area contributed by atoms with Gasteiger partial charge in [-0.3, -0.25) is 14.9 Å². The fourth-order valence-corrected chi connectivity index (χ4v) is 3.79. The zero-order chi connectivity index (χ0) is 25.3. The summed E-state index contributed by atoms with van der Waals surface area (Å²) in [5.74, 6) is -2.04. The third-order valence-corrected chi connectivity index (χ3v) is 5.34. The molecule has 2 N–H and O–H groups in total. The highest BCUT2D eigenvalue weighted by Crippen LogP contribution is 2.45. The van der Waals surface area contributed by atoms with Crippen molar-refractivity contribution in [1.82, 2.24) is 0 Å². The van der Waals surface area contributed by atoms with Crippen LogP contribution in [0.15, 0.2) is 45.6 Å². The molecule has 0 aliphatic carbocycles. The van der Waals surface area contributed by atoms with Gasteiger partial charge in [0.15, 0.2) is 11.5 Å². The molecule has 1 atom stereocenters. The number of amides is 1. The summed E-state index contributed by atoms with van der Waals surface area (Å²) < 4.78 is 34.9.